The van der Waals surface area contributed by atoms with Crippen LogP contribution < -0.4 is 5.73 Å². The first-order valence-electron chi connectivity index (χ1n) is 7.61. The molecule has 0 aliphatic carbocycles. The van der Waals surface area contributed by atoms with Gasteiger partial charge in [-0.25, -0.2) is 0 Å². The number of thioether (sulfide) groups is 1. The van der Waals surface area contributed by atoms with E-state index >= 15 is 0 Å². The summed E-state index contributed by atoms with van der Waals surface area (Å²) in [4.78, 5) is 10.1. The molecule has 2 aromatic heterocycles. The van der Waals surface area contributed by atoms with E-state index in [1.165, 1.54) is 4.90 Å². The summed E-state index contributed by atoms with van der Waals surface area (Å²) in [7, 11) is 0. The van der Waals surface area contributed by atoms with Crippen molar-refractivity contribution in [1.82, 2.24) is 9.97 Å². The number of nitrogens with zero attached hydrogens (tertiary/aromatic N) is 2. The molecule has 0 spiro atoms. The number of hydrogen-bond donors (Lipinski definition) is 1. The predicted molar refractivity (Wildman–Crippen MR) is 96.4 cm³/mol. The molecule has 3 nitrogen and oxygen atoms in total. The van der Waals surface area contributed by atoms with Crippen molar-refractivity contribution in [1.29, 1.82) is 0 Å². The fourth-order valence-electron chi connectivity index (χ4n) is 2.40. The molecule has 116 valence electrons. The summed E-state index contributed by atoms with van der Waals surface area (Å²) in [6, 6.07) is 20.2. The van der Waals surface area contributed by atoms with E-state index in [0.29, 0.717) is 5.25 Å². The zero-order chi connectivity index (χ0) is 15.9. The highest BCUT2D eigenvalue weighted by Gasteiger charge is 2.14. The number of rotatable bonds is 6. The number of benzene rings is 1. The SMILES string of the molecule is Nc1ccc(SC(Cc2ccccn2)Cc2ccccn2)cc1. The van der Waals surface area contributed by atoms with Gasteiger partial charge in [0.2, 0.25) is 0 Å². The Morgan fingerprint density at radius 2 is 1.35 bits per heavy atom. The van der Waals surface area contributed by atoms with Crippen LogP contribution in [0.25, 0.3) is 0 Å². The largest absolute Gasteiger partial charge is 0.399 e. The summed E-state index contributed by atoms with van der Waals surface area (Å²) >= 11 is 1.85. The topological polar surface area (TPSA) is 51.8 Å². The first-order valence-corrected chi connectivity index (χ1v) is 8.49. The van der Waals surface area contributed by atoms with E-state index in [1.807, 2.05) is 60.6 Å². The van der Waals surface area contributed by atoms with Gasteiger partial charge < -0.3 is 5.73 Å². The van der Waals surface area contributed by atoms with Gasteiger partial charge in [-0.05, 0) is 48.5 Å². The van der Waals surface area contributed by atoms with Crippen LogP contribution in [0.3, 0.4) is 0 Å². The molecule has 0 radical (unpaired) electrons. The summed E-state index contributed by atoms with van der Waals surface area (Å²) in [5.74, 6) is 0. The standard InChI is InChI=1S/C19H19N3S/c20-15-7-9-18(10-8-15)23-19(13-16-5-1-3-11-21-16)14-17-6-2-4-12-22-17/h1-12,19H,13-14,20H2. The highest BCUT2D eigenvalue weighted by atomic mass is 32.2. The molecule has 1 aromatic carbocycles. The quantitative estimate of drug-likeness (QED) is 0.550. The minimum atomic E-state index is 0.378. The lowest BCUT2D eigenvalue weighted by atomic mass is 10.1. The van der Waals surface area contributed by atoms with Crippen molar-refractivity contribution in [2.75, 3.05) is 5.73 Å². The van der Waals surface area contributed by atoms with Crippen LogP contribution in [0.1, 0.15) is 11.4 Å². The maximum Gasteiger partial charge on any atom is 0.0414 e. The summed E-state index contributed by atoms with van der Waals surface area (Å²) in [5.41, 5.74) is 8.78. The fourth-order valence-corrected chi connectivity index (χ4v) is 3.58. The number of aromatic nitrogens is 2. The fraction of sp³-hybridized carbons (Fsp3) is 0.158. The molecule has 0 aliphatic rings. The zero-order valence-corrected chi connectivity index (χ0v) is 13.6. The molecule has 0 unspecified atom stereocenters. The van der Waals surface area contributed by atoms with Gasteiger partial charge in [-0.15, -0.1) is 11.8 Å². The minimum Gasteiger partial charge on any atom is -0.399 e. The molecular weight excluding hydrogens is 302 g/mol. The first kappa shape index (κ1) is 15.6. The van der Waals surface area contributed by atoms with E-state index < -0.39 is 0 Å². The number of hydrogen-bond acceptors (Lipinski definition) is 4. The van der Waals surface area contributed by atoms with E-state index in [2.05, 4.69) is 34.2 Å². The van der Waals surface area contributed by atoms with Crippen molar-refractivity contribution in [3.63, 3.8) is 0 Å². The normalized spacial score (nSPS) is 10.8. The molecule has 4 heteroatoms. The Morgan fingerprint density at radius 3 is 1.83 bits per heavy atom. The molecule has 0 atom stereocenters. The zero-order valence-electron chi connectivity index (χ0n) is 12.8. The summed E-state index contributed by atoms with van der Waals surface area (Å²) in [6.45, 7) is 0. The molecule has 3 rings (SSSR count). The lowest BCUT2D eigenvalue weighted by Gasteiger charge is -2.16. The van der Waals surface area contributed by atoms with Crippen LogP contribution in [0, 0.1) is 0 Å². The van der Waals surface area contributed by atoms with Gasteiger partial charge in [-0.2, -0.15) is 0 Å². The summed E-state index contributed by atoms with van der Waals surface area (Å²) in [6.07, 6.45) is 5.51. The van der Waals surface area contributed by atoms with Gasteiger partial charge in [0.05, 0.1) is 0 Å². The second-order valence-electron chi connectivity index (χ2n) is 5.36. The number of anilines is 1. The molecule has 0 fully saturated rings. The molecule has 0 saturated carbocycles. The molecule has 0 saturated heterocycles. The Bertz CT molecular complexity index is 673. The Kier molecular flexibility index (Phi) is 5.27. The van der Waals surface area contributed by atoms with Crippen LogP contribution in [0.15, 0.2) is 78.0 Å². The molecule has 0 bridgehead atoms. The van der Waals surface area contributed by atoms with Crippen LogP contribution in [-0.4, -0.2) is 15.2 Å². The van der Waals surface area contributed by atoms with Crippen LogP contribution in [0.4, 0.5) is 5.69 Å². The van der Waals surface area contributed by atoms with E-state index in [-0.39, 0.29) is 0 Å². The van der Waals surface area contributed by atoms with Gasteiger partial charge in [0.25, 0.3) is 0 Å². The third kappa shape index (κ3) is 4.83. The van der Waals surface area contributed by atoms with Crippen molar-refractivity contribution in [3.8, 4) is 0 Å². The first-order chi connectivity index (χ1) is 11.3. The van der Waals surface area contributed by atoms with Crippen LogP contribution in [0.5, 0.6) is 0 Å². The van der Waals surface area contributed by atoms with Crippen molar-refractivity contribution < 1.29 is 0 Å². The third-order valence-corrected chi connectivity index (χ3v) is 4.72. The Balaban J connectivity index is 1.76. The lowest BCUT2D eigenvalue weighted by molar-refractivity contribution is 0.800. The number of nitrogen functional groups attached to an aromatic ring is 1. The van der Waals surface area contributed by atoms with E-state index in [9.17, 15) is 0 Å². The molecule has 23 heavy (non-hydrogen) atoms. The highest BCUT2D eigenvalue weighted by Crippen LogP contribution is 2.28. The average Bonchev–Trinajstić information content (AvgIpc) is 2.59. The molecule has 0 aliphatic heterocycles. The monoisotopic (exact) mass is 321 g/mol. The van der Waals surface area contributed by atoms with Gasteiger partial charge in [-0.1, -0.05) is 12.1 Å². The smallest absolute Gasteiger partial charge is 0.0414 e. The van der Waals surface area contributed by atoms with Crippen LogP contribution in [-0.2, 0) is 12.8 Å². The van der Waals surface area contributed by atoms with E-state index in [4.69, 9.17) is 5.73 Å². The average molecular weight is 321 g/mol. The Morgan fingerprint density at radius 1 is 0.783 bits per heavy atom. The van der Waals surface area contributed by atoms with Gasteiger partial charge in [-0.3, -0.25) is 9.97 Å². The Labute approximate surface area is 141 Å². The van der Waals surface area contributed by atoms with Crippen molar-refractivity contribution in [3.05, 3.63) is 84.4 Å². The second kappa shape index (κ2) is 7.79. The highest BCUT2D eigenvalue weighted by molar-refractivity contribution is 8.00. The van der Waals surface area contributed by atoms with Crippen LogP contribution in [0.2, 0.25) is 0 Å². The Hall–Kier alpha value is -2.33. The summed E-state index contributed by atoms with van der Waals surface area (Å²) < 4.78 is 0. The second-order valence-corrected chi connectivity index (χ2v) is 6.73. The molecule has 3 aromatic rings. The molecule has 0 amide bonds. The predicted octanol–water partition coefficient (Wildman–Crippen LogP) is 4.00. The van der Waals surface area contributed by atoms with Gasteiger partial charge in [0, 0.05) is 52.5 Å². The maximum absolute atomic E-state index is 5.78. The molecule has 2 heterocycles. The van der Waals surface area contributed by atoms with Crippen LogP contribution >= 0.6 is 11.8 Å². The minimum absolute atomic E-state index is 0.378. The number of pyridine rings is 2. The van der Waals surface area contributed by atoms with Gasteiger partial charge in [0.1, 0.15) is 0 Å². The van der Waals surface area contributed by atoms with Crippen molar-refractivity contribution in [2.45, 2.75) is 23.0 Å². The number of nitrogens with two attached hydrogens (primary N) is 1. The van der Waals surface area contributed by atoms with Crippen molar-refractivity contribution >= 4 is 17.4 Å². The van der Waals surface area contributed by atoms with Gasteiger partial charge in [0.15, 0.2) is 0 Å². The van der Waals surface area contributed by atoms with E-state index in [1.54, 1.807) is 0 Å². The van der Waals surface area contributed by atoms with Crippen molar-refractivity contribution in [2.24, 2.45) is 0 Å². The third-order valence-electron chi connectivity index (χ3n) is 3.51. The van der Waals surface area contributed by atoms with E-state index in [0.717, 1.165) is 29.9 Å². The molecular formula is C19H19N3S. The lowest BCUT2D eigenvalue weighted by Crippen LogP contribution is -2.12. The maximum atomic E-state index is 5.78. The molecule has 2 N–H and O–H groups in total. The van der Waals surface area contributed by atoms with Gasteiger partial charge >= 0.3 is 0 Å². The summed E-state index contributed by atoms with van der Waals surface area (Å²) in [5, 5.41) is 0.378.